The van der Waals surface area contributed by atoms with Gasteiger partial charge in [0.1, 0.15) is 17.3 Å². The molecule has 2 unspecified atom stereocenters. The summed E-state index contributed by atoms with van der Waals surface area (Å²) >= 11 is 0. The van der Waals surface area contributed by atoms with E-state index < -0.39 is 0 Å². The first-order valence-corrected chi connectivity index (χ1v) is 8.93. The number of anilines is 1. The Labute approximate surface area is 139 Å². The maximum Gasteiger partial charge on any atom is 0.272 e. The number of carbonyl (C=O) groups is 1. The van der Waals surface area contributed by atoms with E-state index >= 15 is 0 Å². The van der Waals surface area contributed by atoms with Crippen molar-refractivity contribution >= 4 is 11.7 Å². The highest BCUT2D eigenvalue weighted by molar-refractivity contribution is 5.93. The van der Waals surface area contributed by atoms with Crippen LogP contribution >= 0.6 is 0 Å². The van der Waals surface area contributed by atoms with Crippen LogP contribution < -0.4 is 4.90 Å². The predicted octanol–water partition coefficient (Wildman–Crippen LogP) is 2.89. The summed E-state index contributed by atoms with van der Waals surface area (Å²) in [6, 6.07) is 1.90. The molecule has 0 aliphatic carbocycles. The molecule has 0 N–H and O–H groups in total. The highest BCUT2D eigenvalue weighted by atomic mass is 16.2. The first kappa shape index (κ1) is 16.2. The number of piperidine rings is 2. The van der Waals surface area contributed by atoms with Gasteiger partial charge in [-0.05, 0) is 44.4 Å². The molecule has 2 fully saturated rings. The summed E-state index contributed by atoms with van der Waals surface area (Å²) in [4.78, 5) is 26.0. The van der Waals surface area contributed by atoms with Gasteiger partial charge in [-0.1, -0.05) is 13.8 Å². The van der Waals surface area contributed by atoms with Crippen LogP contribution in [0.15, 0.2) is 6.07 Å². The van der Waals surface area contributed by atoms with E-state index in [2.05, 4.69) is 28.7 Å². The van der Waals surface area contributed by atoms with Crippen molar-refractivity contribution in [3.8, 4) is 0 Å². The zero-order valence-electron chi connectivity index (χ0n) is 14.6. The number of aromatic nitrogens is 2. The first-order chi connectivity index (χ1) is 11.0. The van der Waals surface area contributed by atoms with E-state index in [0.29, 0.717) is 23.4 Å². The van der Waals surface area contributed by atoms with Gasteiger partial charge >= 0.3 is 0 Å². The van der Waals surface area contributed by atoms with Crippen molar-refractivity contribution in [3.05, 3.63) is 17.6 Å². The van der Waals surface area contributed by atoms with Gasteiger partial charge in [0, 0.05) is 32.2 Å². The maximum absolute atomic E-state index is 12.7. The topological polar surface area (TPSA) is 49.3 Å². The van der Waals surface area contributed by atoms with Crippen LogP contribution in [0.25, 0.3) is 0 Å². The van der Waals surface area contributed by atoms with E-state index in [0.717, 1.165) is 44.8 Å². The fourth-order valence-electron chi connectivity index (χ4n) is 3.93. The second-order valence-electron chi connectivity index (χ2n) is 7.36. The van der Waals surface area contributed by atoms with E-state index in [1.165, 1.54) is 12.8 Å². The summed E-state index contributed by atoms with van der Waals surface area (Å²) < 4.78 is 0. The molecule has 0 spiro atoms. The lowest BCUT2D eigenvalue weighted by Gasteiger charge is -2.36. The number of hydrogen-bond acceptors (Lipinski definition) is 4. The summed E-state index contributed by atoms with van der Waals surface area (Å²) in [5.74, 6) is 2.99. The van der Waals surface area contributed by atoms with Gasteiger partial charge in [0.2, 0.25) is 0 Å². The highest BCUT2D eigenvalue weighted by Crippen LogP contribution is 2.26. The van der Waals surface area contributed by atoms with Crippen LogP contribution in [0.5, 0.6) is 0 Å². The minimum absolute atomic E-state index is 0.0644. The Hall–Kier alpha value is -1.65. The number of likely N-dealkylation sites (tertiary alicyclic amines) is 1. The standard InChI is InChI=1S/C18H28N4O/c1-13-9-14(2)12-22(11-13)17-10-16(19-15(3)20-17)18(23)21-7-5-4-6-8-21/h10,13-14H,4-9,11-12H2,1-3H3. The largest absolute Gasteiger partial charge is 0.356 e. The number of rotatable bonds is 2. The van der Waals surface area contributed by atoms with Gasteiger partial charge in [0.05, 0.1) is 0 Å². The smallest absolute Gasteiger partial charge is 0.272 e. The molecule has 2 aliphatic heterocycles. The Kier molecular flexibility index (Phi) is 4.83. The maximum atomic E-state index is 12.7. The van der Waals surface area contributed by atoms with Gasteiger partial charge in [0.25, 0.3) is 5.91 Å². The van der Waals surface area contributed by atoms with Gasteiger partial charge in [-0.25, -0.2) is 9.97 Å². The lowest BCUT2D eigenvalue weighted by atomic mass is 9.92. The second-order valence-corrected chi connectivity index (χ2v) is 7.36. The molecule has 0 aromatic carbocycles. The van der Waals surface area contributed by atoms with Crippen LogP contribution in [-0.2, 0) is 0 Å². The van der Waals surface area contributed by atoms with Crippen LogP contribution in [0.2, 0.25) is 0 Å². The molecule has 3 heterocycles. The molecule has 1 aromatic rings. The number of amides is 1. The number of nitrogens with zero attached hydrogens (tertiary/aromatic N) is 4. The Morgan fingerprint density at radius 2 is 1.74 bits per heavy atom. The monoisotopic (exact) mass is 316 g/mol. The van der Waals surface area contributed by atoms with Crippen molar-refractivity contribution in [1.82, 2.24) is 14.9 Å². The summed E-state index contributed by atoms with van der Waals surface area (Å²) in [5.41, 5.74) is 0.556. The number of carbonyl (C=O) groups excluding carboxylic acids is 1. The molecule has 3 rings (SSSR count). The Morgan fingerprint density at radius 3 is 2.39 bits per heavy atom. The summed E-state index contributed by atoms with van der Waals surface area (Å²) in [7, 11) is 0. The van der Waals surface area contributed by atoms with E-state index in [1.807, 2.05) is 17.9 Å². The van der Waals surface area contributed by atoms with Crippen LogP contribution in [0.3, 0.4) is 0 Å². The van der Waals surface area contributed by atoms with Gasteiger partial charge in [-0.2, -0.15) is 0 Å². The SMILES string of the molecule is Cc1nc(C(=O)N2CCCCC2)cc(N2CC(C)CC(C)C2)n1. The fourth-order valence-corrected chi connectivity index (χ4v) is 3.93. The average Bonchev–Trinajstić information content (AvgIpc) is 2.53. The zero-order chi connectivity index (χ0) is 16.4. The lowest BCUT2D eigenvalue weighted by Crippen LogP contribution is -2.40. The van der Waals surface area contributed by atoms with Crippen molar-refractivity contribution < 1.29 is 4.79 Å². The summed E-state index contributed by atoms with van der Waals surface area (Å²) in [6.07, 6.45) is 4.69. The molecule has 1 aromatic heterocycles. The quantitative estimate of drug-likeness (QED) is 0.842. The van der Waals surface area contributed by atoms with E-state index in [-0.39, 0.29) is 5.91 Å². The molecule has 2 atom stereocenters. The predicted molar refractivity (Wildman–Crippen MR) is 91.7 cm³/mol. The van der Waals surface area contributed by atoms with Gasteiger partial charge < -0.3 is 9.80 Å². The van der Waals surface area contributed by atoms with E-state index in [4.69, 9.17) is 0 Å². The number of aryl methyl sites for hydroxylation is 1. The van der Waals surface area contributed by atoms with Crippen molar-refractivity contribution in [2.24, 2.45) is 11.8 Å². The summed E-state index contributed by atoms with van der Waals surface area (Å²) in [5, 5.41) is 0. The molecule has 0 saturated carbocycles. The third-order valence-electron chi connectivity index (χ3n) is 4.88. The van der Waals surface area contributed by atoms with Gasteiger partial charge in [0.15, 0.2) is 0 Å². The van der Waals surface area contributed by atoms with E-state index in [1.54, 1.807) is 0 Å². The lowest BCUT2D eigenvalue weighted by molar-refractivity contribution is 0.0718. The van der Waals surface area contributed by atoms with Crippen LogP contribution in [0.1, 0.15) is 55.8 Å². The average molecular weight is 316 g/mol. The fraction of sp³-hybridized carbons (Fsp3) is 0.722. The molecule has 2 aliphatic rings. The zero-order valence-corrected chi connectivity index (χ0v) is 14.6. The van der Waals surface area contributed by atoms with Crippen molar-refractivity contribution in [3.63, 3.8) is 0 Å². The molecule has 23 heavy (non-hydrogen) atoms. The van der Waals surface area contributed by atoms with Crippen LogP contribution in [0, 0.1) is 18.8 Å². The third kappa shape index (κ3) is 3.82. The Bertz CT molecular complexity index is 558. The molecule has 5 heteroatoms. The molecule has 2 saturated heterocycles. The minimum atomic E-state index is 0.0644. The first-order valence-electron chi connectivity index (χ1n) is 8.93. The summed E-state index contributed by atoms with van der Waals surface area (Å²) in [6.45, 7) is 10.2. The molecule has 5 nitrogen and oxygen atoms in total. The second kappa shape index (κ2) is 6.85. The molecule has 1 amide bonds. The minimum Gasteiger partial charge on any atom is -0.356 e. The highest BCUT2D eigenvalue weighted by Gasteiger charge is 2.25. The van der Waals surface area contributed by atoms with Crippen LogP contribution in [-0.4, -0.2) is 47.0 Å². The van der Waals surface area contributed by atoms with Crippen molar-refractivity contribution in [1.29, 1.82) is 0 Å². The molecule has 126 valence electrons. The molecule has 0 bridgehead atoms. The normalized spacial score (nSPS) is 25.5. The van der Waals surface area contributed by atoms with E-state index in [9.17, 15) is 4.79 Å². The third-order valence-corrected chi connectivity index (χ3v) is 4.88. The van der Waals surface area contributed by atoms with Crippen LogP contribution in [0.4, 0.5) is 5.82 Å². The van der Waals surface area contributed by atoms with Crippen molar-refractivity contribution in [2.75, 3.05) is 31.1 Å². The van der Waals surface area contributed by atoms with Crippen molar-refractivity contribution in [2.45, 2.75) is 46.5 Å². The molecular formula is C18H28N4O. The Balaban J connectivity index is 1.82. The molecular weight excluding hydrogens is 288 g/mol. The molecule has 0 radical (unpaired) electrons. The van der Waals surface area contributed by atoms with Gasteiger partial charge in [-0.3, -0.25) is 4.79 Å². The Morgan fingerprint density at radius 1 is 1.09 bits per heavy atom. The van der Waals surface area contributed by atoms with Gasteiger partial charge in [-0.15, -0.1) is 0 Å². The number of hydrogen-bond donors (Lipinski definition) is 0.